The molecule has 0 spiro atoms. The molecule has 3 rings (SSSR count). The van der Waals surface area contributed by atoms with Crippen molar-refractivity contribution in [3.05, 3.63) is 29.3 Å². The molecule has 116 valence electrons. The van der Waals surface area contributed by atoms with Gasteiger partial charge in [0.15, 0.2) is 0 Å². The van der Waals surface area contributed by atoms with Crippen molar-refractivity contribution in [3.8, 4) is 0 Å². The maximum Gasteiger partial charge on any atom is 0.391 e. The maximum absolute atomic E-state index is 12.8. The molecule has 0 bridgehead atoms. The highest BCUT2D eigenvalue weighted by atomic mass is 19.4. The van der Waals surface area contributed by atoms with Crippen molar-refractivity contribution >= 4 is 5.69 Å². The van der Waals surface area contributed by atoms with E-state index in [0.717, 1.165) is 19.4 Å². The number of halogens is 3. The first-order chi connectivity index (χ1) is 10.0. The summed E-state index contributed by atoms with van der Waals surface area (Å²) in [6.45, 7) is 1.59. The second-order valence-corrected chi connectivity index (χ2v) is 6.11. The third-order valence-corrected chi connectivity index (χ3v) is 4.65. The van der Waals surface area contributed by atoms with E-state index in [9.17, 15) is 13.2 Å². The Hall–Kier alpha value is -1.23. The first-order valence-corrected chi connectivity index (χ1v) is 7.69. The molecule has 21 heavy (non-hydrogen) atoms. The highest BCUT2D eigenvalue weighted by Gasteiger charge is 2.42. The van der Waals surface area contributed by atoms with E-state index in [0.29, 0.717) is 13.0 Å². The normalized spacial score (nSPS) is 25.5. The summed E-state index contributed by atoms with van der Waals surface area (Å²) < 4.78 is 38.5. The van der Waals surface area contributed by atoms with Crippen LogP contribution in [0.25, 0.3) is 0 Å². The first-order valence-electron chi connectivity index (χ1n) is 7.69. The zero-order chi connectivity index (χ0) is 14.9. The molecule has 2 N–H and O–H groups in total. The standard InChI is InChI=1S/C16H21F3N2/c17-16(18,19)13-5-2-6-14(9-13)21-10-12-4-1-3-11-7-8-20-15(11)12/h1,3-4,13-14,20-21H,2,5-10H2. The summed E-state index contributed by atoms with van der Waals surface area (Å²) in [5.74, 6) is -1.14. The van der Waals surface area contributed by atoms with Crippen molar-refractivity contribution < 1.29 is 13.2 Å². The summed E-state index contributed by atoms with van der Waals surface area (Å²) in [5.41, 5.74) is 3.65. The van der Waals surface area contributed by atoms with Gasteiger partial charge in [0.1, 0.15) is 0 Å². The van der Waals surface area contributed by atoms with Gasteiger partial charge in [0.25, 0.3) is 0 Å². The predicted octanol–water partition coefficient (Wildman–Crippen LogP) is 3.87. The SMILES string of the molecule is FC(F)(F)C1CCCC(NCc2cccc3c2NCC3)C1. The molecule has 1 saturated carbocycles. The smallest absolute Gasteiger partial charge is 0.384 e. The van der Waals surface area contributed by atoms with Crippen LogP contribution in [0.3, 0.4) is 0 Å². The predicted molar refractivity (Wildman–Crippen MR) is 77.3 cm³/mol. The summed E-state index contributed by atoms with van der Waals surface area (Å²) >= 11 is 0. The van der Waals surface area contributed by atoms with Crippen molar-refractivity contribution in [1.29, 1.82) is 0 Å². The van der Waals surface area contributed by atoms with Gasteiger partial charge in [0.2, 0.25) is 0 Å². The summed E-state index contributed by atoms with van der Waals surface area (Å²) in [4.78, 5) is 0. The monoisotopic (exact) mass is 298 g/mol. The largest absolute Gasteiger partial charge is 0.391 e. The average Bonchev–Trinajstić information content (AvgIpc) is 2.93. The van der Waals surface area contributed by atoms with Gasteiger partial charge in [-0.3, -0.25) is 0 Å². The van der Waals surface area contributed by atoms with E-state index in [2.05, 4.69) is 16.7 Å². The number of nitrogens with one attached hydrogen (secondary N) is 2. The lowest BCUT2D eigenvalue weighted by molar-refractivity contribution is -0.183. The topological polar surface area (TPSA) is 24.1 Å². The first kappa shape index (κ1) is 14.7. The molecule has 1 fully saturated rings. The van der Waals surface area contributed by atoms with E-state index in [4.69, 9.17) is 0 Å². The molecule has 1 aliphatic heterocycles. The van der Waals surface area contributed by atoms with Crippen LogP contribution in [0.15, 0.2) is 18.2 Å². The molecule has 5 heteroatoms. The van der Waals surface area contributed by atoms with Crippen molar-refractivity contribution in [3.63, 3.8) is 0 Å². The molecule has 0 aromatic heterocycles. The molecule has 2 nitrogen and oxygen atoms in total. The van der Waals surface area contributed by atoms with Crippen LogP contribution in [0.2, 0.25) is 0 Å². The Labute approximate surface area is 123 Å². The summed E-state index contributed by atoms with van der Waals surface area (Å²) in [6.07, 6.45) is -1.02. The number of anilines is 1. The highest BCUT2D eigenvalue weighted by Crippen LogP contribution is 2.37. The molecular formula is C16H21F3N2. The van der Waals surface area contributed by atoms with Gasteiger partial charge >= 0.3 is 6.18 Å². The molecule has 1 aromatic carbocycles. The molecule has 2 atom stereocenters. The Morgan fingerprint density at radius 2 is 2.10 bits per heavy atom. The number of para-hydroxylation sites is 1. The lowest BCUT2D eigenvalue weighted by Gasteiger charge is -2.31. The fraction of sp³-hybridized carbons (Fsp3) is 0.625. The van der Waals surface area contributed by atoms with E-state index in [1.807, 2.05) is 12.1 Å². The third-order valence-electron chi connectivity index (χ3n) is 4.65. The number of hydrogen-bond acceptors (Lipinski definition) is 2. The minimum absolute atomic E-state index is 0.0253. The zero-order valence-corrected chi connectivity index (χ0v) is 12.0. The van der Waals surface area contributed by atoms with Crippen LogP contribution < -0.4 is 10.6 Å². The molecule has 1 aromatic rings. The summed E-state index contributed by atoms with van der Waals surface area (Å²) in [5, 5.41) is 6.70. The third kappa shape index (κ3) is 3.34. The Balaban J connectivity index is 1.59. The van der Waals surface area contributed by atoms with E-state index in [1.54, 1.807) is 0 Å². The van der Waals surface area contributed by atoms with Crippen LogP contribution in [-0.4, -0.2) is 18.8 Å². The van der Waals surface area contributed by atoms with Crippen LogP contribution in [0.4, 0.5) is 18.9 Å². The number of alkyl halides is 3. The van der Waals surface area contributed by atoms with Crippen molar-refractivity contribution in [2.75, 3.05) is 11.9 Å². The Morgan fingerprint density at radius 3 is 2.90 bits per heavy atom. The molecule has 1 heterocycles. The molecule has 2 aliphatic rings. The molecule has 0 radical (unpaired) electrons. The zero-order valence-electron chi connectivity index (χ0n) is 12.0. The van der Waals surface area contributed by atoms with Gasteiger partial charge in [-0.05, 0) is 36.8 Å². The van der Waals surface area contributed by atoms with E-state index in [-0.39, 0.29) is 18.9 Å². The Kier molecular flexibility index (Phi) is 4.11. The molecular weight excluding hydrogens is 277 g/mol. The van der Waals surface area contributed by atoms with Crippen LogP contribution in [-0.2, 0) is 13.0 Å². The minimum atomic E-state index is -4.05. The number of hydrogen-bond donors (Lipinski definition) is 2. The second-order valence-electron chi connectivity index (χ2n) is 6.11. The van der Waals surface area contributed by atoms with E-state index in [1.165, 1.54) is 16.8 Å². The second kappa shape index (κ2) is 5.87. The van der Waals surface area contributed by atoms with Gasteiger partial charge in [-0.15, -0.1) is 0 Å². The van der Waals surface area contributed by atoms with Gasteiger partial charge in [-0.1, -0.05) is 24.6 Å². The van der Waals surface area contributed by atoms with Crippen molar-refractivity contribution in [2.45, 2.75) is 50.9 Å². The van der Waals surface area contributed by atoms with Crippen LogP contribution in [0.5, 0.6) is 0 Å². The Bertz CT molecular complexity index is 499. The molecule has 0 saturated heterocycles. The average molecular weight is 298 g/mol. The maximum atomic E-state index is 12.8. The van der Waals surface area contributed by atoms with Gasteiger partial charge < -0.3 is 10.6 Å². The van der Waals surface area contributed by atoms with Crippen molar-refractivity contribution in [1.82, 2.24) is 5.32 Å². The van der Waals surface area contributed by atoms with Gasteiger partial charge in [0.05, 0.1) is 5.92 Å². The van der Waals surface area contributed by atoms with E-state index >= 15 is 0 Å². The molecule has 0 amide bonds. The number of fused-ring (bicyclic) bond motifs is 1. The van der Waals surface area contributed by atoms with Crippen LogP contribution >= 0.6 is 0 Å². The number of benzene rings is 1. The van der Waals surface area contributed by atoms with E-state index < -0.39 is 12.1 Å². The van der Waals surface area contributed by atoms with Crippen LogP contribution in [0.1, 0.15) is 36.8 Å². The van der Waals surface area contributed by atoms with Crippen LogP contribution in [0, 0.1) is 5.92 Å². The van der Waals surface area contributed by atoms with Gasteiger partial charge in [-0.25, -0.2) is 0 Å². The minimum Gasteiger partial charge on any atom is -0.384 e. The van der Waals surface area contributed by atoms with Gasteiger partial charge in [0, 0.05) is 24.8 Å². The van der Waals surface area contributed by atoms with Gasteiger partial charge in [-0.2, -0.15) is 13.2 Å². The fourth-order valence-corrected chi connectivity index (χ4v) is 3.48. The van der Waals surface area contributed by atoms with Crippen molar-refractivity contribution in [2.24, 2.45) is 5.92 Å². The summed E-state index contributed by atoms with van der Waals surface area (Å²) in [7, 11) is 0. The summed E-state index contributed by atoms with van der Waals surface area (Å²) in [6, 6.07) is 6.16. The quantitative estimate of drug-likeness (QED) is 0.885. The highest BCUT2D eigenvalue weighted by molar-refractivity contribution is 5.61. The molecule has 1 aliphatic carbocycles. The number of rotatable bonds is 3. The lowest BCUT2D eigenvalue weighted by atomic mass is 9.85. The lowest BCUT2D eigenvalue weighted by Crippen LogP contribution is -2.38. The Morgan fingerprint density at radius 1 is 1.24 bits per heavy atom. The molecule has 2 unspecified atom stereocenters. The fourth-order valence-electron chi connectivity index (χ4n) is 3.48.